The number of nitrogens with two attached hydrogens (primary N) is 1. The molecule has 1 atom stereocenters. The SMILES string of the molecule is CC(CN)CC(=O)NCCn1cccn1. The van der Waals surface area contributed by atoms with E-state index in [2.05, 4.69) is 10.4 Å². The summed E-state index contributed by atoms with van der Waals surface area (Å²) in [5.74, 6) is 0.301. The fourth-order valence-corrected chi connectivity index (χ4v) is 1.21. The van der Waals surface area contributed by atoms with E-state index in [0.717, 1.165) is 0 Å². The van der Waals surface area contributed by atoms with E-state index in [1.165, 1.54) is 0 Å². The second-order valence-electron chi connectivity index (χ2n) is 3.66. The fourth-order valence-electron chi connectivity index (χ4n) is 1.21. The summed E-state index contributed by atoms with van der Waals surface area (Å²) in [6.07, 6.45) is 4.09. The van der Waals surface area contributed by atoms with E-state index in [9.17, 15) is 4.79 Å². The van der Waals surface area contributed by atoms with E-state index in [1.807, 2.05) is 19.2 Å². The van der Waals surface area contributed by atoms with Gasteiger partial charge in [-0.25, -0.2) is 0 Å². The second kappa shape index (κ2) is 6.19. The summed E-state index contributed by atoms with van der Waals surface area (Å²) < 4.78 is 1.78. The van der Waals surface area contributed by atoms with Crippen LogP contribution in [0.2, 0.25) is 0 Å². The fraction of sp³-hybridized carbons (Fsp3) is 0.600. The number of carbonyl (C=O) groups is 1. The Balaban J connectivity index is 2.12. The van der Waals surface area contributed by atoms with Crippen molar-refractivity contribution < 1.29 is 4.79 Å². The minimum atomic E-state index is 0.0557. The molecular formula is C10H18N4O. The smallest absolute Gasteiger partial charge is 0.220 e. The maximum Gasteiger partial charge on any atom is 0.220 e. The van der Waals surface area contributed by atoms with E-state index in [4.69, 9.17) is 5.73 Å². The monoisotopic (exact) mass is 210 g/mol. The summed E-state index contributed by atoms with van der Waals surface area (Å²) in [5.41, 5.74) is 5.43. The van der Waals surface area contributed by atoms with Crippen molar-refractivity contribution >= 4 is 5.91 Å². The molecule has 1 aromatic rings. The van der Waals surface area contributed by atoms with Crippen LogP contribution in [-0.4, -0.2) is 28.8 Å². The van der Waals surface area contributed by atoms with E-state index in [-0.39, 0.29) is 11.8 Å². The van der Waals surface area contributed by atoms with Gasteiger partial charge in [-0.05, 0) is 18.5 Å². The predicted molar refractivity (Wildman–Crippen MR) is 58.1 cm³/mol. The topological polar surface area (TPSA) is 72.9 Å². The molecule has 5 heteroatoms. The first kappa shape index (κ1) is 11.7. The molecule has 0 saturated carbocycles. The zero-order valence-corrected chi connectivity index (χ0v) is 9.02. The molecule has 15 heavy (non-hydrogen) atoms. The first-order valence-corrected chi connectivity index (χ1v) is 5.16. The molecule has 0 bridgehead atoms. The Morgan fingerprint density at radius 3 is 3.07 bits per heavy atom. The van der Waals surface area contributed by atoms with Crippen LogP contribution in [0.5, 0.6) is 0 Å². The zero-order chi connectivity index (χ0) is 11.1. The Bertz CT molecular complexity index is 284. The molecule has 84 valence electrons. The second-order valence-corrected chi connectivity index (χ2v) is 3.66. The molecule has 1 aromatic heterocycles. The first-order chi connectivity index (χ1) is 7.22. The average molecular weight is 210 g/mol. The largest absolute Gasteiger partial charge is 0.354 e. The van der Waals surface area contributed by atoms with Gasteiger partial charge in [0.05, 0.1) is 6.54 Å². The normalized spacial score (nSPS) is 12.4. The van der Waals surface area contributed by atoms with Gasteiger partial charge in [-0.15, -0.1) is 0 Å². The highest BCUT2D eigenvalue weighted by Gasteiger charge is 2.06. The lowest BCUT2D eigenvalue weighted by atomic mass is 10.1. The molecule has 0 aromatic carbocycles. The molecule has 0 radical (unpaired) electrons. The summed E-state index contributed by atoms with van der Waals surface area (Å²) in [5, 5.41) is 6.87. The number of hydrogen-bond donors (Lipinski definition) is 2. The standard InChI is InChI=1S/C10H18N4O/c1-9(8-11)7-10(15)12-4-6-14-5-2-3-13-14/h2-3,5,9H,4,6-8,11H2,1H3,(H,12,15). The van der Waals surface area contributed by atoms with Gasteiger partial charge in [0, 0.05) is 25.4 Å². The number of carbonyl (C=O) groups excluding carboxylic acids is 1. The molecule has 0 saturated heterocycles. The quantitative estimate of drug-likeness (QED) is 0.693. The summed E-state index contributed by atoms with van der Waals surface area (Å²) in [4.78, 5) is 11.3. The van der Waals surface area contributed by atoms with Crippen LogP contribution in [0.4, 0.5) is 0 Å². The first-order valence-electron chi connectivity index (χ1n) is 5.16. The predicted octanol–water partition coefficient (Wildman–Crippen LogP) is -0.0158. The van der Waals surface area contributed by atoms with Gasteiger partial charge in [-0.3, -0.25) is 9.48 Å². The molecule has 1 unspecified atom stereocenters. The van der Waals surface area contributed by atoms with Crippen molar-refractivity contribution in [3.8, 4) is 0 Å². The minimum absolute atomic E-state index is 0.0557. The van der Waals surface area contributed by atoms with Crippen LogP contribution in [0, 0.1) is 5.92 Å². The van der Waals surface area contributed by atoms with Crippen molar-refractivity contribution in [1.29, 1.82) is 0 Å². The summed E-state index contributed by atoms with van der Waals surface area (Å²) in [6, 6.07) is 1.86. The Morgan fingerprint density at radius 1 is 1.67 bits per heavy atom. The van der Waals surface area contributed by atoms with Gasteiger partial charge in [-0.1, -0.05) is 6.92 Å². The maximum atomic E-state index is 11.3. The molecule has 0 aliphatic rings. The maximum absolute atomic E-state index is 11.3. The molecule has 0 fully saturated rings. The van der Waals surface area contributed by atoms with Crippen LogP contribution in [0.3, 0.4) is 0 Å². The highest BCUT2D eigenvalue weighted by molar-refractivity contribution is 5.76. The molecule has 3 N–H and O–H groups in total. The van der Waals surface area contributed by atoms with Crippen LogP contribution < -0.4 is 11.1 Å². The third-order valence-corrected chi connectivity index (χ3v) is 2.16. The van der Waals surface area contributed by atoms with Crippen LogP contribution in [-0.2, 0) is 11.3 Å². The van der Waals surface area contributed by atoms with E-state index >= 15 is 0 Å². The highest BCUT2D eigenvalue weighted by Crippen LogP contribution is 1.97. The molecule has 0 spiro atoms. The van der Waals surface area contributed by atoms with E-state index in [0.29, 0.717) is 26.1 Å². The highest BCUT2D eigenvalue weighted by atomic mass is 16.1. The van der Waals surface area contributed by atoms with Crippen molar-refractivity contribution in [3.63, 3.8) is 0 Å². The summed E-state index contributed by atoms with van der Waals surface area (Å²) in [6.45, 7) is 3.83. The van der Waals surface area contributed by atoms with E-state index < -0.39 is 0 Å². The van der Waals surface area contributed by atoms with Crippen molar-refractivity contribution in [2.24, 2.45) is 11.7 Å². The number of aromatic nitrogens is 2. The van der Waals surface area contributed by atoms with Crippen LogP contribution in [0.1, 0.15) is 13.3 Å². The molecule has 1 rings (SSSR count). The zero-order valence-electron chi connectivity index (χ0n) is 9.02. The van der Waals surface area contributed by atoms with Gasteiger partial charge in [0.1, 0.15) is 0 Å². The molecule has 1 heterocycles. The number of hydrogen-bond acceptors (Lipinski definition) is 3. The summed E-state index contributed by atoms with van der Waals surface area (Å²) in [7, 11) is 0. The number of nitrogens with zero attached hydrogens (tertiary/aromatic N) is 2. The summed E-state index contributed by atoms with van der Waals surface area (Å²) >= 11 is 0. The molecule has 0 aliphatic carbocycles. The van der Waals surface area contributed by atoms with Crippen LogP contribution in [0.25, 0.3) is 0 Å². The lowest BCUT2D eigenvalue weighted by molar-refractivity contribution is -0.121. The van der Waals surface area contributed by atoms with Gasteiger partial charge in [0.2, 0.25) is 5.91 Å². The Morgan fingerprint density at radius 2 is 2.47 bits per heavy atom. The molecule has 0 aliphatic heterocycles. The van der Waals surface area contributed by atoms with Gasteiger partial charge in [0.25, 0.3) is 0 Å². The van der Waals surface area contributed by atoms with E-state index in [1.54, 1.807) is 10.9 Å². The van der Waals surface area contributed by atoms with Gasteiger partial charge in [0.15, 0.2) is 0 Å². The van der Waals surface area contributed by atoms with Gasteiger partial charge in [-0.2, -0.15) is 5.10 Å². The minimum Gasteiger partial charge on any atom is -0.354 e. The molecule has 1 amide bonds. The van der Waals surface area contributed by atoms with Crippen molar-refractivity contribution in [2.45, 2.75) is 19.9 Å². The van der Waals surface area contributed by atoms with Gasteiger partial charge >= 0.3 is 0 Å². The Labute approximate surface area is 89.6 Å². The van der Waals surface area contributed by atoms with Crippen molar-refractivity contribution in [2.75, 3.05) is 13.1 Å². The lowest BCUT2D eigenvalue weighted by Gasteiger charge is -2.08. The average Bonchev–Trinajstić information content (AvgIpc) is 2.70. The third kappa shape index (κ3) is 4.60. The van der Waals surface area contributed by atoms with Crippen LogP contribution in [0.15, 0.2) is 18.5 Å². The van der Waals surface area contributed by atoms with Crippen LogP contribution >= 0.6 is 0 Å². The van der Waals surface area contributed by atoms with Crippen molar-refractivity contribution in [3.05, 3.63) is 18.5 Å². The van der Waals surface area contributed by atoms with Gasteiger partial charge < -0.3 is 11.1 Å². The number of rotatable bonds is 6. The Kier molecular flexibility index (Phi) is 4.83. The number of amides is 1. The van der Waals surface area contributed by atoms with Crippen molar-refractivity contribution in [1.82, 2.24) is 15.1 Å². The molecular weight excluding hydrogens is 192 g/mol. The number of nitrogens with one attached hydrogen (secondary N) is 1. The lowest BCUT2D eigenvalue weighted by Crippen LogP contribution is -2.29. The Hall–Kier alpha value is -1.36. The molecule has 5 nitrogen and oxygen atoms in total. The third-order valence-electron chi connectivity index (χ3n) is 2.16.